The zero-order chi connectivity index (χ0) is 9.19. The summed E-state index contributed by atoms with van der Waals surface area (Å²) in [5.41, 5.74) is -0.152. The standard InChI is InChI=1S/C8H18O3Si/c1-6(8(2,3)11-12)9-4-7-5-10-7/h6-7H,4-5H2,1-3,12H3. The molecule has 0 aromatic heterocycles. The number of ether oxygens (including phenoxy) is 2. The van der Waals surface area contributed by atoms with Crippen LogP contribution in [-0.2, 0) is 13.9 Å². The molecule has 0 N–H and O–H groups in total. The van der Waals surface area contributed by atoms with Crippen molar-refractivity contribution in [3.05, 3.63) is 0 Å². The van der Waals surface area contributed by atoms with Gasteiger partial charge in [0, 0.05) is 0 Å². The van der Waals surface area contributed by atoms with E-state index in [-0.39, 0.29) is 11.7 Å². The molecule has 1 heterocycles. The topological polar surface area (TPSA) is 31.0 Å². The van der Waals surface area contributed by atoms with Crippen LogP contribution in [0.25, 0.3) is 0 Å². The molecule has 4 heteroatoms. The summed E-state index contributed by atoms with van der Waals surface area (Å²) in [5, 5.41) is 0. The molecule has 0 aromatic carbocycles. The summed E-state index contributed by atoms with van der Waals surface area (Å²) in [6.07, 6.45) is 0.483. The minimum Gasteiger partial charge on any atom is -0.420 e. The molecule has 72 valence electrons. The molecule has 0 saturated carbocycles. The van der Waals surface area contributed by atoms with Gasteiger partial charge in [0.25, 0.3) is 0 Å². The molecule has 2 atom stereocenters. The minimum atomic E-state index is -0.152. The first-order valence-corrected chi connectivity index (χ1v) is 5.16. The largest absolute Gasteiger partial charge is 0.420 e. The van der Waals surface area contributed by atoms with Crippen LogP contribution < -0.4 is 0 Å². The van der Waals surface area contributed by atoms with Crippen molar-refractivity contribution in [2.75, 3.05) is 13.2 Å². The highest BCUT2D eigenvalue weighted by molar-refractivity contribution is 5.98. The van der Waals surface area contributed by atoms with Crippen LogP contribution in [0.5, 0.6) is 0 Å². The van der Waals surface area contributed by atoms with E-state index in [1.807, 2.05) is 6.92 Å². The second-order valence-electron chi connectivity index (χ2n) is 3.74. The van der Waals surface area contributed by atoms with E-state index in [9.17, 15) is 0 Å². The molecule has 1 rings (SSSR count). The highest BCUT2D eigenvalue weighted by Gasteiger charge is 2.29. The molecule has 2 unspecified atom stereocenters. The summed E-state index contributed by atoms with van der Waals surface area (Å²) in [5.74, 6) is 0. The number of epoxide rings is 1. The summed E-state index contributed by atoms with van der Waals surface area (Å²) in [6.45, 7) is 7.71. The molecular formula is C8H18O3Si. The fourth-order valence-corrected chi connectivity index (χ4v) is 1.11. The molecule has 12 heavy (non-hydrogen) atoms. The Kier molecular flexibility index (Phi) is 3.28. The van der Waals surface area contributed by atoms with Crippen molar-refractivity contribution in [3.8, 4) is 0 Å². The van der Waals surface area contributed by atoms with Crippen molar-refractivity contribution in [1.29, 1.82) is 0 Å². The Bertz CT molecular complexity index is 145. The average Bonchev–Trinajstić information content (AvgIpc) is 2.83. The second kappa shape index (κ2) is 3.87. The minimum absolute atomic E-state index is 0.138. The molecule has 0 aromatic rings. The zero-order valence-corrected chi connectivity index (χ0v) is 10.3. The van der Waals surface area contributed by atoms with E-state index in [1.54, 1.807) is 0 Å². The van der Waals surface area contributed by atoms with Crippen molar-refractivity contribution < 1.29 is 13.9 Å². The summed E-state index contributed by atoms with van der Waals surface area (Å²) < 4.78 is 16.1. The van der Waals surface area contributed by atoms with Gasteiger partial charge in [-0.3, -0.25) is 0 Å². The molecule has 0 amide bonds. The Balaban J connectivity index is 2.20. The first-order chi connectivity index (χ1) is 5.56. The fourth-order valence-electron chi connectivity index (χ4n) is 0.783. The molecule has 1 fully saturated rings. The van der Waals surface area contributed by atoms with Crippen LogP contribution in [-0.4, -0.2) is 41.5 Å². The van der Waals surface area contributed by atoms with Crippen LogP contribution >= 0.6 is 0 Å². The third-order valence-corrected chi connectivity index (χ3v) is 3.49. The van der Waals surface area contributed by atoms with Gasteiger partial charge in [-0.15, -0.1) is 0 Å². The highest BCUT2D eigenvalue weighted by Crippen LogP contribution is 2.18. The van der Waals surface area contributed by atoms with E-state index in [1.165, 1.54) is 0 Å². The quantitative estimate of drug-likeness (QED) is 0.447. The van der Waals surface area contributed by atoms with Gasteiger partial charge in [-0.1, -0.05) is 0 Å². The summed E-state index contributed by atoms with van der Waals surface area (Å²) >= 11 is 0. The van der Waals surface area contributed by atoms with Crippen molar-refractivity contribution in [3.63, 3.8) is 0 Å². The van der Waals surface area contributed by atoms with Gasteiger partial charge in [0.05, 0.1) is 24.9 Å². The molecule has 3 nitrogen and oxygen atoms in total. The molecule has 0 spiro atoms. The lowest BCUT2D eigenvalue weighted by atomic mass is 10.0. The van der Waals surface area contributed by atoms with Gasteiger partial charge in [-0.25, -0.2) is 0 Å². The smallest absolute Gasteiger partial charge is 0.146 e. The van der Waals surface area contributed by atoms with Gasteiger partial charge in [0.2, 0.25) is 0 Å². The van der Waals surface area contributed by atoms with Gasteiger partial charge in [-0.2, -0.15) is 0 Å². The number of rotatable bonds is 5. The normalized spacial score (nSPS) is 25.8. The van der Waals surface area contributed by atoms with Gasteiger partial charge in [-0.05, 0) is 20.8 Å². The first kappa shape index (κ1) is 10.2. The van der Waals surface area contributed by atoms with Gasteiger partial charge in [0.15, 0.2) is 0 Å². The van der Waals surface area contributed by atoms with E-state index < -0.39 is 0 Å². The van der Waals surface area contributed by atoms with Crippen LogP contribution in [0.4, 0.5) is 0 Å². The molecule has 0 radical (unpaired) electrons. The Morgan fingerprint density at radius 2 is 2.25 bits per heavy atom. The molecule has 0 aliphatic carbocycles. The molecule has 1 aliphatic rings. The molecular weight excluding hydrogens is 172 g/mol. The summed E-state index contributed by atoms with van der Waals surface area (Å²) in [4.78, 5) is 0. The fraction of sp³-hybridized carbons (Fsp3) is 1.00. The lowest BCUT2D eigenvalue weighted by Crippen LogP contribution is -2.39. The number of hydrogen-bond acceptors (Lipinski definition) is 3. The third kappa shape index (κ3) is 2.86. The predicted octanol–water partition coefficient (Wildman–Crippen LogP) is -0.134. The SMILES string of the molecule is CC(OCC1CO1)C(C)(C)O[SiH3]. The monoisotopic (exact) mass is 190 g/mol. The van der Waals surface area contributed by atoms with Crippen LogP contribution in [0.1, 0.15) is 20.8 Å². The maximum atomic E-state index is 5.59. The third-order valence-electron chi connectivity index (χ3n) is 2.44. The molecule has 1 aliphatic heterocycles. The average molecular weight is 190 g/mol. The Morgan fingerprint density at radius 1 is 1.67 bits per heavy atom. The zero-order valence-electron chi connectivity index (χ0n) is 8.29. The van der Waals surface area contributed by atoms with E-state index in [0.29, 0.717) is 12.7 Å². The number of hydrogen-bond donors (Lipinski definition) is 0. The summed E-state index contributed by atoms with van der Waals surface area (Å²) in [7, 11) is 0.753. The Morgan fingerprint density at radius 3 is 2.67 bits per heavy atom. The van der Waals surface area contributed by atoms with Crippen molar-refractivity contribution in [2.45, 2.75) is 38.6 Å². The lowest BCUT2D eigenvalue weighted by Gasteiger charge is -2.30. The predicted molar refractivity (Wildman–Crippen MR) is 50.3 cm³/mol. The molecule has 1 saturated heterocycles. The first-order valence-electron chi connectivity index (χ1n) is 4.34. The van der Waals surface area contributed by atoms with Gasteiger partial charge >= 0.3 is 0 Å². The van der Waals surface area contributed by atoms with E-state index >= 15 is 0 Å². The van der Waals surface area contributed by atoms with Crippen molar-refractivity contribution in [2.24, 2.45) is 0 Å². The van der Waals surface area contributed by atoms with E-state index in [0.717, 1.165) is 17.1 Å². The summed E-state index contributed by atoms with van der Waals surface area (Å²) in [6, 6.07) is 0. The van der Waals surface area contributed by atoms with Gasteiger partial charge < -0.3 is 13.9 Å². The maximum Gasteiger partial charge on any atom is 0.146 e. The Labute approximate surface area is 76.9 Å². The van der Waals surface area contributed by atoms with Crippen LogP contribution in [0.15, 0.2) is 0 Å². The maximum absolute atomic E-state index is 5.59. The van der Waals surface area contributed by atoms with Crippen LogP contribution in [0, 0.1) is 0 Å². The van der Waals surface area contributed by atoms with E-state index in [2.05, 4.69) is 13.8 Å². The Hall–Kier alpha value is 0.0969. The highest BCUT2D eigenvalue weighted by atomic mass is 28.2. The second-order valence-corrected chi connectivity index (χ2v) is 4.15. The van der Waals surface area contributed by atoms with Crippen molar-refractivity contribution in [1.82, 2.24) is 0 Å². The van der Waals surface area contributed by atoms with Crippen LogP contribution in [0.2, 0.25) is 0 Å². The van der Waals surface area contributed by atoms with Crippen molar-refractivity contribution >= 4 is 10.5 Å². The van der Waals surface area contributed by atoms with Crippen LogP contribution in [0.3, 0.4) is 0 Å². The van der Waals surface area contributed by atoms with E-state index in [4.69, 9.17) is 13.9 Å². The van der Waals surface area contributed by atoms with Gasteiger partial charge in [0.1, 0.15) is 16.6 Å². The lowest BCUT2D eigenvalue weighted by molar-refractivity contribution is -0.0637. The molecule has 0 bridgehead atoms.